The van der Waals surface area contributed by atoms with Gasteiger partial charge in [0.05, 0.1) is 30.4 Å². The maximum absolute atomic E-state index is 13.2. The number of ether oxygens (including phenoxy) is 2. The van der Waals surface area contributed by atoms with Crippen molar-refractivity contribution >= 4 is 23.1 Å². The highest BCUT2D eigenvalue weighted by Gasteiger charge is 2.47. The van der Waals surface area contributed by atoms with Gasteiger partial charge >= 0.3 is 0 Å². The lowest BCUT2D eigenvalue weighted by Crippen LogP contribution is -2.29. The number of hydrogen-bond donors (Lipinski definition) is 1. The molecule has 2 heterocycles. The zero-order valence-corrected chi connectivity index (χ0v) is 18.4. The van der Waals surface area contributed by atoms with Crippen LogP contribution in [0.1, 0.15) is 31.0 Å². The molecule has 1 aliphatic rings. The molecule has 4 rings (SSSR count). The van der Waals surface area contributed by atoms with Gasteiger partial charge in [-0.05, 0) is 49.7 Å². The fourth-order valence-corrected chi connectivity index (χ4v) is 3.92. The third kappa shape index (κ3) is 4.17. The molecule has 0 aliphatic carbocycles. The first kappa shape index (κ1) is 22.1. The Balaban J connectivity index is 1.92. The topological polar surface area (TPSA) is 89.0 Å². The largest absolute Gasteiger partial charge is 0.507 e. The number of aliphatic hydroxyl groups excluding tert-OH is 1. The number of anilines is 1. The molecule has 0 spiro atoms. The van der Waals surface area contributed by atoms with Crippen LogP contribution in [0, 0.1) is 0 Å². The number of Topliss-reactive ketones (excluding diaryl/α,β-unsaturated/α-hetero) is 1. The average Bonchev–Trinajstić information content (AvgIpc) is 3.11. The van der Waals surface area contributed by atoms with E-state index in [9.17, 15) is 14.7 Å². The van der Waals surface area contributed by atoms with Crippen LogP contribution in [0.25, 0.3) is 5.76 Å². The number of carbonyl (C=O) groups is 2. The molecule has 33 heavy (non-hydrogen) atoms. The third-order valence-electron chi connectivity index (χ3n) is 5.30. The van der Waals surface area contributed by atoms with Crippen LogP contribution in [-0.4, -0.2) is 35.0 Å². The Kier molecular flexibility index (Phi) is 6.40. The second-order valence-corrected chi connectivity index (χ2v) is 7.31. The molecular weight excluding hydrogens is 420 g/mol. The molecule has 0 saturated carbocycles. The van der Waals surface area contributed by atoms with Gasteiger partial charge < -0.3 is 14.6 Å². The number of rotatable bonds is 7. The summed E-state index contributed by atoms with van der Waals surface area (Å²) in [6, 6.07) is 16.5. The minimum atomic E-state index is -0.845. The van der Waals surface area contributed by atoms with E-state index >= 15 is 0 Å². The van der Waals surface area contributed by atoms with Crippen molar-refractivity contribution in [3.8, 4) is 11.5 Å². The molecule has 1 saturated heterocycles. The van der Waals surface area contributed by atoms with Gasteiger partial charge in [-0.3, -0.25) is 19.5 Å². The molecule has 7 nitrogen and oxygen atoms in total. The van der Waals surface area contributed by atoms with Gasteiger partial charge in [-0.2, -0.15) is 0 Å². The van der Waals surface area contributed by atoms with Gasteiger partial charge in [-0.25, -0.2) is 0 Å². The van der Waals surface area contributed by atoms with Crippen LogP contribution in [0.15, 0.2) is 78.6 Å². The maximum Gasteiger partial charge on any atom is 0.300 e. The van der Waals surface area contributed by atoms with Crippen LogP contribution in [0.5, 0.6) is 11.5 Å². The van der Waals surface area contributed by atoms with Crippen LogP contribution in [-0.2, 0) is 9.59 Å². The number of aliphatic hydroxyl groups is 1. The van der Waals surface area contributed by atoms with E-state index in [1.165, 1.54) is 4.90 Å². The van der Waals surface area contributed by atoms with Crippen molar-refractivity contribution in [3.05, 3.63) is 89.8 Å². The molecule has 0 bridgehead atoms. The highest BCUT2D eigenvalue weighted by Crippen LogP contribution is 2.43. The lowest BCUT2D eigenvalue weighted by atomic mass is 9.95. The van der Waals surface area contributed by atoms with E-state index in [1.54, 1.807) is 67.0 Å². The van der Waals surface area contributed by atoms with Gasteiger partial charge in [-0.1, -0.05) is 24.3 Å². The summed E-state index contributed by atoms with van der Waals surface area (Å²) in [7, 11) is 0. The van der Waals surface area contributed by atoms with E-state index in [-0.39, 0.29) is 11.3 Å². The summed E-state index contributed by atoms with van der Waals surface area (Å²) in [6.45, 7) is 4.51. The minimum absolute atomic E-state index is 0.0260. The average molecular weight is 444 g/mol. The summed E-state index contributed by atoms with van der Waals surface area (Å²) in [5.74, 6) is -0.878. The fraction of sp³-hybridized carbons (Fsp3) is 0.192. The Morgan fingerprint density at radius 3 is 2.42 bits per heavy atom. The van der Waals surface area contributed by atoms with Gasteiger partial charge in [0.15, 0.2) is 0 Å². The molecule has 1 atom stereocenters. The van der Waals surface area contributed by atoms with Crippen molar-refractivity contribution in [2.75, 3.05) is 18.1 Å². The first-order valence-electron chi connectivity index (χ1n) is 10.7. The van der Waals surface area contributed by atoms with E-state index in [1.807, 2.05) is 19.9 Å². The van der Waals surface area contributed by atoms with Crippen LogP contribution in [0.2, 0.25) is 0 Å². The summed E-state index contributed by atoms with van der Waals surface area (Å²) >= 11 is 0. The number of carbonyl (C=O) groups excluding carboxylic acids is 2. The highest BCUT2D eigenvalue weighted by molar-refractivity contribution is 6.51. The number of pyridine rings is 1. The quantitative estimate of drug-likeness (QED) is 0.328. The van der Waals surface area contributed by atoms with Gasteiger partial charge in [0.1, 0.15) is 17.3 Å². The molecule has 0 radical (unpaired) electrons. The summed E-state index contributed by atoms with van der Waals surface area (Å²) in [6.07, 6.45) is 3.19. The van der Waals surface area contributed by atoms with Crippen LogP contribution in [0.3, 0.4) is 0 Å². The molecule has 1 aromatic heterocycles. The number of benzene rings is 2. The van der Waals surface area contributed by atoms with Crippen molar-refractivity contribution in [1.29, 1.82) is 0 Å². The number of nitrogens with zero attached hydrogens (tertiary/aromatic N) is 2. The molecule has 1 aliphatic heterocycles. The summed E-state index contributed by atoms with van der Waals surface area (Å²) in [4.78, 5) is 31.9. The lowest BCUT2D eigenvalue weighted by molar-refractivity contribution is -0.132. The Morgan fingerprint density at radius 1 is 1.00 bits per heavy atom. The highest BCUT2D eigenvalue weighted by atomic mass is 16.5. The summed E-state index contributed by atoms with van der Waals surface area (Å²) in [5, 5.41) is 11.4. The zero-order valence-electron chi connectivity index (χ0n) is 18.4. The molecule has 1 unspecified atom stereocenters. The molecule has 1 amide bonds. The van der Waals surface area contributed by atoms with Crippen molar-refractivity contribution in [2.24, 2.45) is 0 Å². The van der Waals surface area contributed by atoms with E-state index in [0.717, 1.165) is 0 Å². The lowest BCUT2D eigenvalue weighted by Gasteiger charge is -2.25. The van der Waals surface area contributed by atoms with Gasteiger partial charge in [0, 0.05) is 24.1 Å². The molecule has 2 aromatic carbocycles. The molecule has 3 aromatic rings. The van der Waals surface area contributed by atoms with E-state index in [0.29, 0.717) is 41.5 Å². The van der Waals surface area contributed by atoms with Crippen molar-refractivity contribution < 1.29 is 24.2 Å². The second-order valence-electron chi connectivity index (χ2n) is 7.31. The first-order valence-corrected chi connectivity index (χ1v) is 10.7. The fourth-order valence-electron chi connectivity index (χ4n) is 3.92. The van der Waals surface area contributed by atoms with Crippen molar-refractivity contribution in [3.63, 3.8) is 0 Å². The van der Waals surface area contributed by atoms with Crippen molar-refractivity contribution in [1.82, 2.24) is 4.98 Å². The van der Waals surface area contributed by atoms with Gasteiger partial charge in [-0.15, -0.1) is 0 Å². The molecule has 1 N–H and O–H groups in total. The number of amides is 1. The van der Waals surface area contributed by atoms with Gasteiger partial charge in [0.25, 0.3) is 11.7 Å². The van der Waals surface area contributed by atoms with Crippen molar-refractivity contribution in [2.45, 2.75) is 19.9 Å². The molecule has 1 fully saturated rings. The summed E-state index contributed by atoms with van der Waals surface area (Å²) < 4.78 is 11.3. The number of para-hydroxylation sites is 1. The number of ketones is 1. The van der Waals surface area contributed by atoms with Gasteiger partial charge in [0.2, 0.25) is 0 Å². The van der Waals surface area contributed by atoms with Crippen LogP contribution >= 0.6 is 0 Å². The van der Waals surface area contributed by atoms with E-state index in [4.69, 9.17) is 9.47 Å². The van der Waals surface area contributed by atoms with E-state index < -0.39 is 17.7 Å². The first-order chi connectivity index (χ1) is 16.1. The molecular formula is C26H24N2O5. The minimum Gasteiger partial charge on any atom is -0.507 e. The summed E-state index contributed by atoms with van der Waals surface area (Å²) in [5.41, 5.74) is 1.43. The Hall–Kier alpha value is -4.13. The predicted octanol–water partition coefficient (Wildman–Crippen LogP) is 4.51. The normalized spacial score (nSPS) is 17.3. The standard InChI is InChI=1S/C26H24N2O5/c1-3-32-19-12-13-20(21(15-19)33-4-2)24(29)22-23(17-9-8-14-27-16-17)28(26(31)25(22)30)18-10-6-5-7-11-18/h5-16,23,29H,3-4H2,1-2H3/b24-22-. The Labute approximate surface area is 191 Å². The second kappa shape index (κ2) is 9.56. The number of hydrogen-bond acceptors (Lipinski definition) is 6. The monoisotopic (exact) mass is 444 g/mol. The van der Waals surface area contributed by atoms with Crippen LogP contribution < -0.4 is 14.4 Å². The number of aromatic nitrogens is 1. The smallest absolute Gasteiger partial charge is 0.300 e. The Morgan fingerprint density at radius 2 is 1.76 bits per heavy atom. The Bertz CT molecular complexity index is 1190. The molecule has 7 heteroatoms. The van der Waals surface area contributed by atoms with E-state index in [2.05, 4.69) is 4.98 Å². The SMILES string of the molecule is CCOc1ccc(/C(O)=C2/C(=O)C(=O)N(c3ccccc3)C2c2cccnc2)c(OCC)c1. The van der Waals surface area contributed by atoms with Crippen LogP contribution in [0.4, 0.5) is 5.69 Å². The zero-order chi connectivity index (χ0) is 23.4. The third-order valence-corrected chi connectivity index (χ3v) is 5.30. The molecule has 168 valence electrons. The maximum atomic E-state index is 13.2. The predicted molar refractivity (Wildman–Crippen MR) is 124 cm³/mol.